The molecule has 0 atom stereocenters. The van der Waals surface area contributed by atoms with Gasteiger partial charge in [0.05, 0.1) is 12.7 Å². The molecule has 0 aromatic carbocycles. The number of nitrogens with zero attached hydrogens (tertiary/aromatic N) is 1. The molecule has 0 aliphatic rings. The number of nitriles is 1. The van der Waals surface area contributed by atoms with Crippen LogP contribution in [0.15, 0.2) is 0 Å². The minimum atomic E-state index is -0.415. The molecule has 0 saturated carbocycles. The molecule has 0 aromatic rings. The van der Waals surface area contributed by atoms with E-state index in [0.717, 1.165) is 12.8 Å². The predicted octanol–water partition coefficient (Wildman–Crippen LogP) is 1.04. The van der Waals surface area contributed by atoms with Gasteiger partial charge in [-0.2, -0.15) is 5.26 Å². The summed E-state index contributed by atoms with van der Waals surface area (Å²) in [4.78, 5) is 10.4. The number of hydrogen-bond donors (Lipinski definition) is 1. The minimum Gasteiger partial charge on any atom is -0.450 e. The smallest absolute Gasteiger partial charge is 0.406 e. The van der Waals surface area contributed by atoms with Gasteiger partial charge < -0.3 is 10.1 Å². The van der Waals surface area contributed by atoms with Crippen molar-refractivity contribution in [3.63, 3.8) is 0 Å². The molecule has 0 aliphatic carbocycles. The first-order chi connectivity index (χ1) is 5.31. The fourth-order valence-corrected chi connectivity index (χ4v) is 0.543. The highest BCUT2D eigenvalue weighted by molar-refractivity contribution is 5.66. The molecule has 11 heavy (non-hydrogen) atoms. The maximum Gasteiger partial charge on any atom is 0.406 e. The first-order valence-electron chi connectivity index (χ1n) is 3.52. The Labute approximate surface area is 66.1 Å². The van der Waals surface area contributed by atoms with Gasteiger partial charge in [0.25, 0.3) is 0 Å². The van der Waals surface area contributed by atoms with E-state index >= 15 is 0 Å². The first-order valence-corrected chi connectivity index (χ1v) is 3.52. The lowest BCUT2D eigenvalue weighted by molar-refractivity contribution is 0.146. The number of carbonyl (C=O) groups is 1. The zero-order valence-corrected chi connectivity index (χ0v) is 6.59. The van der Waals surface area contributed by atoms with Crippen LogP contribution in [0.1, 0.15) is 19.3 Å². The van der Waals surface area contributed by atoms with Crippen LogP contribution in [0.25, 0.3) is 0 Å². The molecule has 0 bridgehead atoms. The van der Waals surface area contributed by atoms with E-state index in [1.807, 2.05) is 6.07 Å². The summed E-state index contributed by atoms with van der Waals surface area (Å²) in [6.07, 6.45) is 1.65. The number of alkyl carbamates (subject to hydrolysis) is 1. The fraction of sp³-hybridized carbons (Fsp3) is 0.714. The maximum atomic E-state index is 10.4. The van der Waals surface area contributed by atoms with E-state index in [1.165, 1.54) is 7.05 Å². The van der Waals surface area contributed by atoms with Gasteiger partial charge in [-0.1, -0.05) is 0 Å². The van der Waals surface area contributed by atoms with Gasteiger partial charge in [0.15, 0.2) is 0 Å². The van der Waals surface area contributed by atoms with Gasteiger partial charge in [-0.15, -0.1) is 0 Å². The van der Waals surface area contributed by atoms with E-state index in [9.17, 15) is 4.79 Å². The van der Waals surface area contributed by atoms with Crippen LogP contribution < -0.4 is 5.32 Å². The molecule has 4 nitrogen and oxygen atoms in total. The standard InChI is InChI=1S/C7H12N2O2/c1-9-7(10)11-6-4-2-3-5-8/h2-4,6H2,1H3,(H,9,10). The summed E-state index contributed by atoms with van der Waals surface area (Å²) in [7, 11) is 1.51. The molecule has 0 saturated heterocycles. The van der Waals surface area contributed by atoms with Crippen molar-refractivity contribution in [3.8, 4) is 6.07 Å². The van der Waals surface area contributed by atoms with Crippen LogP contribution in [0.2, 0.25) is 0 Å². The van der Waals surface area contributed by atoms with Crippen LogP contribution in [0.3, 0.4) is 0 Å². The van der Waals surface area contributed by atoms with Crippen molar-refractivity contribution in [2.45, 2.75) is 19.3 Å². The van der Waals surface area contributed by atoms with Crippen LogP contribution in [0.5, 0.6) is 0 Å². The quantitative estimate of drug-likeness (QED) is 0.618. The van der Waals surface area contributed by atoms with Crippen LogP contribution in [-0.2, 0) is 4.74 Å². The Morgan fingerprint density at radius 3 is 2.91 bits per heavy atom. The molecule has 0 spiro atoms. The highest BCUT2D eigenvalue weighted by atomic mass is 16.5. The van der Waals surface area contributed by atoms with Gasteiger partial charge >= 0.3 is 6.09 Å². The number of ether oxygens (including phenoxy) is 1. The Bertz CT molecular complexity index is 151. The monoisotopic (exact) mass is 156 g/mol. The van der Waals surface area contributed by atoms with Gasteiger partial charge in [-0.25, -0.2) is 4.79 Å². The number of hydrogen-bond acceptors (Lipinski definition) is 3. The predicted molar refractivity (Wildman–Crippen MR) is 39.9 cm³/mol. The average Bonchev–Trinajstić information content (AvgIpc) is 2.04. The summed E-state index contributed by atoms with van der Waals surface area (Å²) < 4.78 is 4.68. The SMILES string of the molecule is CNC(=O)OCCCCC#N. The lowest BCUT2D eigenvalue weighted by Crippen LogP contribution is -2.19. The molecular formula is C7H12N2O2. The minimum absolute atomic E-state index is 0.390. The first kappa shape index (κ1) is 9.76. The summed E-state index contributed by atoms with van der Waals surface area (Å²) in [6.45, 7) is 0.390. The van der Waals surface area contributed by atoms with Crippen LogP contribution in [0.4, 0.5) is 4.79 Å². The second kappa shape index (κ2) is 6.87. The van der Waals surface area contributed by atoms with Gasteiger partial charge in [0.1, 0.15) is 0 Å². The largest absolute Gasteiger partial charge is 0.450 e. The van der Waals surface area contributed by atoms with Gasteiger partial charge in [-0.05, 0) is 12.8 Å². The third kappa shape index (κ3) is 6.65. The Hall–Kier alpha value is -1.24. The Balaban J connectivity index is 3.03. The van der Waals surface area contributed by atoms with Crippen molar-refractivity contribution in [3.05, 3.63) is 0 Å². The molecule has 0 aromatic heterocycles. The van der Waals surface area contributed by atoms with Gasteiger partial charge in [-0.3, -0.25) is 0 Å². The lowest BCUT2D eigenvalue weighted by atomic mass is 10.3. The Morgan fingerprint density at radius 1 is 1.64 bits per heavy atom. The normalized spacial score (nSPS) is 8.36. The van der Waals surface area contributed by atoms with Crippen LogP contribution in [0, 0.1) is 11.3 Å². The summed E-state index contributed by atoms with van der Waals surface area (Å²) in [5.74, 6) is 0. The molecule has 1 N–H and O–H groups in total. The molecule has 0 radical (unpaired) electrons. The zero-order chi connectivity index (χ0) is 8.53. The summed E-state index contributed by atoms with van der Waals surface area (Å²) in [6, 6.07) is 2.01. The molecular weight excluding hydrogens is 144 g/mol. The molecule has 0 unspecified atom stereocenters. The van der Waals surface area contributed by atoms with Gasteiger partial charge in [0, 0.05) is 13.5 Å². The third-order valence-corrected chi connectivity index (χ3v) is 1.12. The van der Waals surface area contributed by atoms with Crippen molar-refractivity contribution in [1.29, 1.82) is 5.26 Å². The molecule has 0 fully saturated rings. The topological polar surface area (TPSA) is 62.1 Å². The highest BCUT2D eigenvalue weighted by Crippen LogP contribution is 1.93. The van der Waals surface area contributed by atoms with Crippen molar-refractivity contribution < 1.29 is 9.53 Å². The average molecular weight is 156 g/mol. The van der Waals surface area contributed by atoms with E-state index in [4.69, 9.17) is 5.26 Å². The second-order valence-corrected chi connectivity index (χ2v) is 2.00. The summed E-state index contributed by atoms with van der Waals surface area (Å²) in [5, 5.41) is 10.5. The molecule has 1 amide bonds. The van der Waals surface area contributed by atoms with E-state index < -0.39 is 6.09 Å². The van der Waals surface area contributed by atoms with Crippen molar-refractivity contribution in [2.75, 3.05) is 13.7 Å². The molecule has 0 aliphatic heterocycles. The molecule has 62 valence electrons. The van der Waals surface area contributed by atoms with Crippen molar-refractivity contribution >= 4 is 6.09 Å². The van der Waals surface area contributed by atoms with Crippen molar-refractivity contribution in [1.82, 2.24) is 5.32 Å². The molecule has 0 rings (SSSR count). The number of nitrogens with one attached hydrogen (secondary N) is 1. The number of carbonyl (C=O) groups excluding carboxylic acids is 1. The molecule has 4 heteroatoms. The van der Waals surface area contributed by atoms with E-state index in [1.54, 1.807) is 0 Å². The number of rotatable bonds is 4. The van der Waals surface area contributed by atoms with Crippen LogP contribution >= 0.6 is 0 Å². The lowest BCUT2D eigenvalue weighted by Gasteiger charge is -2.01. The number of amides is 1. The second-order valence-electron chi connectivity index (χ2n) is 2.00. The fourth-order valence-electron chi connectivity index (χ4n) is 0.543. The van der Waals surface area contributed by atoms with Crippen molar-refractivity contribution in [2.24, 2.45) is 0 Å². The molecule has 0 heterocycles. The van der Waals surface area contributed by atoms with E-state index in [2.05, 4.69) is 10.1 Å². The zero-order valence-electron chi connectivity index (χ0n) is 6.59. The van der Waals surface area contributed by atoms with E-state index in [-0.39, 0.29) is 0 Å². The van der Waals surface area contributed by atoms with Gasteiger partial charge in [0.2, 0.25) is 0 Å². The third-order valence-electron chi connectivity index (χ3n) is 1.12. The Morgan fingerprint density at radius 2 is 2.36 bits per heavy atom. The highest BCUT2D eigenvalue weighted by Gasteiger charge is 1.95. The summed E-state index contributed by atoms with van der Waals surface area (Å²) >= 11 is 0. The Kier molecular flexibility index (Phi) is 6.10. The van der Waals surface area contributed by atoms with Crippen LogP contribution in [-0.4, -0.2) is 19.7 Å². The maximum absolute atomic E-state index is 10.4. The number of unbranched alkanes of at least 4 members (excludes halogenated alkanes) is 2. The van der Waals surface area contributed by atoms with E-state index in [0.29, 0.717) is 13.0 Å². The summed E-state index contributed by atoms with van der Waals surface area (Å²) in [5.41, 5.74) is 0.